The Morgan fingerprint density at radius 3 is 2.89 bits per heavy atom. The van der Waals surface area contributed by atoms with E-state index in [2.05, 4.69) is 11.9 Å². The van der Waals surface area contributed by atoms with Crippen molar-refractivity contribution in [3.63, 3.8) is 0 Å². The van der Waals surface area contributed by atoms with Gasteiger partial charge in [0.15, 0.2) is 17.4 Å². The fourth-order valence-electron chi connectivity index (χ4n) is 1.51. The molecule has 1 aromatic carbocycles. The maximum Gasteiger partial charge on any atom is 0.313 e. The van der Waals surface area contributed by atoms with E-state index in [-0.39, 0.29) is 17.3 Å². The van der Waals surface area contributed by atoms with Gasteiger partial charge in [-0.1, -0.05) is 0 Å². The Kier molecular flexibility index (Phi) is 3.57. The van der Waals surface area contributed by atoms with Crippen LogP contribution in [0.3, 0.4) is 0 Å². The average molecular weight is 265 g/mol. The lowest BCUT2D eigenvalue weighted by Gasteiger charge is -2.02. The highest BCUT2D eigenvalue weighted by Crippen LogP contribution is 2.33. The highest BCUT2D eigenvalue weighted by Gasteiger charge is 2.17. The second-order valence-corrected chi connectivity index (χ2v) is 4.66. The van der Waals surface area contributed by atoms with Gasteiger partial charge in [-0.3, -0.25) is 9.59 Å². The van der Waals surface area contributed by atoms with Gasteiger partial charge >= 0.3 is 5.97 Å². The largest absolute Gasteiger partial charge is 0.481 e. The molecule has 0 saturated carbocycles. The topological polar surface area (TPSA) is 75.6 Å². The Morgan fingerprint density at radius 2 is 2.17 bits per heavy atom. The molecule has 18 heavy (non-hydrogen) atoms. The minimum absolute atomic E-state index is 0.0778. The minimum atomic E-state index is -0.925. The predicted molar refractivity (Wildman–Crippen MR) is 69.1 cm³/mol. The summed E-state index contributed by atoms with van der Waals surface area (Å²) in [6, 6.07) is 5.05. The van der Waals surface area contributed by atoms with Gasteiger partial charge in [0.1, 0.15) is 0 Å². The third kappa shape index (κ3) is 2.84. The highest BCUT2D eigenvalue weighted by molar-refractivity contribution is 8.00. The van der Waals surface area contributed by atoms with Crippen LogP contribution in [-0.2, 0) is 4.79 Å². The number of benzene rings is 1. The predicted octanol–water partition coefficient (Wildman–Crippen LogP) is 1.96. The maximum atomic E-state index is 11.8. The number of hydrogen-bond donors (Lipinski definition) is 2. The van der Waals surface area contributed by atoms with Crippen molar-refractivity contribution in [2.75, 3.05) is 16.8 Å². The number of fused-ring (bicyclic) bond motifs is 1. The number of rotatable bonds is 5. The number of carboxylic acids is 1. The lowest BCUT2D eigenvalue weighted by Crippen LogP contribution is -2.06. The van der Waals surface area contributed by atoms with E-state index >= 15 is 0 Å². The van der Waals surface area contributed by atoms with Gasteiger partial charge in [-0.2, -0.15) is 0 Å². The van der Waals surface area contributed by atoms with Crippen molar-refractivity contribution in [1.82, 2.24) is 0 Å². The van der Waals surface area contributed by atoms with Crippen molar-refractivity contribution in [2.45, 2.75) is 0 Å². The van der Waals surface area contributed by atoms with Crippen LogP contribution in [-0.4, -0.2) is 28.4 Å². The van der Waals surface area contributed by atoms with Crippen molar-refractivity contribution < 1.29 is 19.4 Å². The van der Waals surface area contributed by atoms with E-state index in [4.69, 9.17) is 9.84 Å². The lowest BCUT2D eigenvalue weighted by atomic mass is 10.1. The number of carbonyl (C=O) groups excluding carboxylic acids is 1. The first-order valence-electron chi connectivity index (χ1n) is 5.17. The number of ether oxygens (including phenoxy) is 1. The van der Waals surface area contributed by atoms with Gasteiger partial charge in [-0.15, -0.1) is 11.8 Å². The molecule has 0 atom stereocenters. The average Bonchev–Trinajstić information content (AvgIpc) is 2.67. The van der Waals surface area contributed by atoms with Gasteiger partial charge in [-0.05, 0) is 24.8 Å². The molecule has 0 aliphatic carbocycles. The number of nitrogens with one attached hydrogen (secondary N) is 1. The van der Waals surface area contributed by atoms with E-state index in [1.807, 2.05) is 0 Å². The molecule has 0 amide bonds. The molecular formula is C12H11NO4S. The second kappa shape index (κ2) is 5.14. The Hall–Kier alpha value is -1.95. The molecule has 1 aromatic rings. The van der Waals surface area contributed by atoms with E-state index in [1.54, 1.807) is 18.2 Å². The monoisotopic (exact) mass is 265 g/mol. The molecule has 6 heteroatoms. The molecule has 0 fully saturated rings. The summed E-state index contributed by atoms with van der Waals surface area (Å²) in [6.45, 7) is 3.62. The fraction of sp³-hybridized carbons (Fsp3) is 0.167. The number of ketones is 1. The zero-order chi connectivity index (χ0) is 13.1. The van der Waals surface area contributed by atoms with Gasteiger partial charge in [0.2, 0.25) is 0 Å². The molecule has 2 N–H and O–H groups in total. The number of Topliss-reactive ketones (excluding diaryl/α,β-unsaturated/α-hetero) is 1. The first kappa shape index (κ1) is 12.5. The van der Waals surface area contributed by atoms with Crippen molar-refractivity contribution in [3.8, 4) is 5.75 Å². The number of thioether (sulfide) groups is 1. The molecule has 0 radical (unpaired) electrons. The van der Waals surface area contributed by atoms with E-state index in [1.165, 1.54) is 0 Å². The summed E-state index contributed by atoms with van der Waals surface area (Å²) in [7, 11) is 0. The second-order valence-electron chi connectivity index (χ2n) is 3.67. The van der Waals surface area contributed by atoms with Gasteiger partial charge in [0.25, 0.3) is 0 Å². The van der Waals surface area contributed by atoms with Gasteiger partial charge in [0, 0.05) is 5.56 Å². The van der Waals surface area contributed by atoms with E-state index in [9.17, 15) is 9.59 Å². The summed E-state index contributed by atoms with van der Waals surface area (Å²) in [6.07, 6.45) is 0. The van der Waals surface area contributed by atoms with Crippen molar-refractivity contribution >= 4 is 29.2 Å². The molecule has 2 rings (SSSR count). The van der Waals surface area contributed by atoms with Gasteiger partial charge < -0.3 is 15.2 Å². The van der Waals surface area contributed by atoms with Gasteiger partial charge in [-0.25, -0.2) is 0 Å². The summed E-state index contributed by atoms with van der Waals surface area (Å²) < 4.78 is 5.28. The number of hydrogen-bond acceptors (Lipinski definition) is 5. The molecule has 0 unspecified atom stereocenters. The third-order valence-corrected chi connectivity index (χ3v) is 3.19. The molecule has 1 aliphatic rings. The molecule has 0 spiro atoms. The quantitative estimate of drug-likeness (QED) is 0.793. The van der Waals surface area contributed by atoms with Crippen LogP contribution in [0, 0.1) is 0 Å². The first-order chi connectivity index (χ1) is 8.56. The smallest absolute Gasteiger partial charge is 0.313 e. The molecule has 5 nitrogen and oxygen atoms in total. The summed E-state index contributed by atoms with van der Waals surface area (Å²) in [4.78, 5) is 22.1. The number of aliphatic carboxylic acids is 1. The Morgan fingerprint density at radius 1 is 1.39 bits per heavy atom. The number of carbonyl (C=O) groups is 2. The van der Waals surface area contributed by atoms with Crippen LogP contribution in [0.25, 0.3) is 0 Å². The minimum Gasteiger partial charge on any atom is -0.481 e. The summed E-state index contributed by atoms with van der Waals surface area (Å²) in [5.41, 5.74) is 1.28. The van der Waals surface area contributed by atoms with Crippen LogP contribution < -0.4 is 10.1 Å². The van der Waals surface area contributed by atoms with E-state index in [0.717, 1.165) is 17.4 Å². The van der Waals surface area contributed by atoms with Crippen LogP contribution in [0.15, 0.2) is 30.7 Å². The zero-order valence-corrected chi connectivity index (χ0v) is 10.3. The van der Waals surface area contributed by atoms with Crippen molar-refractivity contribution in [1.29, 1.82) is 0 Å². The van der Waals surface area contributed by atoms with Crippen LogP contribution in [0.4, 0.5) is 5.69 Å². The maximum absolute atomic E-state index is 11.8. The first-order valence-corrected chi connectivity index (χ1v) is 6.32. The standard InChI is InChI=1S/C12H11NO4S/c1-7-13-9-3-2-8(4-11(9)17-7)10(14)5-18-6-12(15)16/h2-4,13H,1,5-6H2,(H,15,16). The Labute approximate surface area is 108 Å². The highest BCUT2D eigenvalue weighted by atomic mass is 32.2. The van der Waals surface area contributed by atoms with E-state index < -0.39 is 5.97 Å². The van der Waals surface area contributed by atoms with Gasteiger partial charge in [0.05, 0.1) is 17.2 Å². The summed E-state index contributed by atoms with van der Waals surface area (Å²) in [5, 5.41) is 11.4. The third-order valence-electron chi connectivity index (χ3n) is 2.27. The molecular weight excluding hydrogens is 254 g/mol. The van der Waals surface area contributed by atoms with Crippen LogP contribution in [0.2, 0.25) is 0 Å². The SMILES string of the molecule is C=C1Nc2ccc(C(=O)CSCC(=O)O)cc2O1. The van der Waals surface area contributed by atoms with Crippen LogP contribution in [0.1, 0.15) is 10.4 Å². The molecule has 0 aromatic heterocycles. The van der Waals surface area contributed by atoms with Crippen molar-refractivity contribution in [3.05, 3.63) is 36.2 Å². The zero-order valence-electron chi connectivity index (χ0n) is 9.43. The molecule has 0 saturated heterocycles. The molecule has 0 bridgehead atoms. The number of anilines is 1. The molecule has 1 heterocycles. The summed E-state index contributed by atoms with van der Waals surface area (Å²) >= 11 is 1.08. The molecule has 1 aliphatic heterocycles. The molecule has 94 valence electrons. The Balaban J connectivity index is 2.01. The normalized spacial score (nSPS) is 12.6. The van der Waals surface area contributed by atoms with Crippen molar-refractivity contribution in [2.24, 2.45) is 0 Å². The number of carboxylic acid groups (broad SMARTS) is 1. The fourth-order valence-corrected chi connectivity index (χ4v) is 2.14. The summed E-state index contributed by atoms with van der Waals surface area (Å²) in [5.74, 6) is 0.00467. The van der Waals surface area contributed by atoms with E-state index in [0.29, 0.717) is 17.2 Å². The Bertz CT molecular complexity index is 527. The lowest BCUT2D eigenvalue weighted by molar-refractivity contribution is -0.133. The van der Waals surface area contributed by atoms with Crippen LogP contribution in [0.5, 0.6) is 5.75 Å². The van der Waals surface area contributed by atoms with Crippen LogP contribution >= 0.6 is 11.8 Å².